The SMILES string of the molecule is CCC(CC)(NC(=O)c1ccc(-n2ccnc2)nc1)c1ccc(Cl)cc1. The van der Waals surface area contributed by atoms with Crippen LogP contribution in [0.2, 0.25) is 5.02 Å². The molecule has 2 heterocycles. The molecule has 0 aliphatic rings. The van der Waals surface area contributed by atoms with Crippen molar-refractivity contribution >= 4 is 17.5 Å². The van der Waals surface area contributed by atoms with Crippen LogP contribution in [0.1, 0.15) is 42.6 Å². The van der Waals surface area contributed by atoms with E-state index in [0.717, 1.165) is 18.4 Å². The van der Waals surface area contributed by atoms with Crippen molar-refractivity contribution in [3.63, 3.8) is 0 Å². The quantitative estimate of drug-likeness (QED) is 0.703. The number of carbonyl (C=O) groups is 1. The molecule has 3 aromatic rings. The normalized spacial score (nSPS) is 11.3. The van der Waals surface area contributed by atoms with Crippen molar-refractivity contribution in [2.75, 3.05) is 0 Å². The summed E-state index contributed by atoms with van der Waals surface area (Å²) in [6, 6.07) is 11.2. The Balaban J connectivity index is 1.83. The molecular weight excluding hydrogens is 348 g/mol. The number of imidazole rings is 1. The molecule has 0 fully saturated rings. The second-order valence-electron chi connectivity index (χ2n) is 6.13. The number of aromatic nitrogens is 3. The first-order valence-electron chi connectivity index (χ1n) is 8.61. The Morgan fingerprint density at radius 1 is 1.15 bits per heavy atom. The van der Waals surface area contributed by atoms with E-state index in [1.165, 1.54) is 0 Å². The minimum atomic E-state index is -0.440. The van der Waals surface area contributed by atoms with E-state index in [2.05, 4.69) is 29.1 Å². The highest BCUT2D eigenvalue weighted by atomic mass is 35.5. The van der Waals surface area contributed by atoms with Crippen molar-refractivity contribution in [1.29, 1.82) is 0 Å². The molecule has 0 aliphatic carbocycles. The van der Waals surface area contributed by atoms with Gasteiger partial charge in [0.15, 0.2) is 0 Å². The highest BCUT2D eigenvalue weighted by molar-refractivity contribution is 6.30. The largest absolute Gasteiger partial charge is 0.342 e. The standard InChI is InChI=1S/C20H21ClN4O/c1-3-20(4-2,16-6-8-17(21)9-7-16)24-19(26)15-5-10-18(23-13-15)25-12-11-22-14-25/h5-14H,3-4H2,1-2H3,(H,24,26). The lowest BCUT2D eigenvalue weighted by atomic mass is 9.84. The summed E-state index contributed by atoms with van der Waals surface area (Å²) in [7, 11) is 0. The average Bonchev–Trinajstić information content (AvgIpc) is 3.22. The van der Waals surface area contributed by atoms with Crippen LogP contribution >= 0.6 is 11.6 Å². The van der Waals surface area contributed by atoms with Crippen LogP contribution in [0.25, 0.3) is 5.82 Å². The van der Waals surface area contributed by atoms with Crippen LogP contribution in [0.4, 0.5) is 0 Å². The fraction of sp³-hybridized carbons (Fsp3) is 0.250. The van der Waals surface area contributed by atoms with E-state index in [1.807, 2.05) is 30.5 Å². The number of nitrogens with zero attached hydrogens (tertiary/aromatic N) is 3. The van der Waals surface area contributed by atoms with Gasteiger partial charge in [0.2, 0.25) is 0 Å². The third-order valence-electron chi connectivity index (χ3n) is 4.74. The molecule has 5 nitrogen and oxygen atoms in total. The number of hydrogen-bond acceptors (Lipinski definition) is 3. The Kier molecular flexibility index (Phi) is 5.38. The second kappa shape index (κ2) is 7.70. The topological polar surface area (TPSA) is 59.8 Å². The lowest BCUT2D eigenvalue weighted by molar-refractivity contribution is 0.0889. The van der Waals surface area contributed by atoms with Crippen LogP contribution in [0.15, 0.2) is 61.3 Å². The van der Waals surface area contributed by atoms with E-state index in [9.17, 15) is 4.79 Å². The maximum absolute atomic E-state index is 12.8. The van der Waals surface area contributed by atoms with Crippen molar-refractivity contribution < 1.29 is 4.79 Å². The van der Waals surface area contributed by atoms with Gasteiger partial charge in [0.25, 0.3) is 5.91 Å². The van der Waals surface area contributed by atoms with Gasteiger partial charge in [-0.2, -0.15) is 0 Å². The van der Waals surface area contributed by atoms with E-state index >= 15 is 0 Å². The third-order valence-corrected chi connectivity index (χ3v) is 4.99. The molecule has 3 rings (SSSR count). The van der Waals surface area contributed by atoms with Gasteiger partial charge in [0.1, 0.15) is 12.1 Å². The van der Waals surface area contributed by atoms with Crippen molar-refractivity contribution in [3.05, 3.63) is 77.5 Å². The lowest BCUT2D eigenvalue weighted by Gasteiger charge is -2.33. The van der Waals surface area contributed by atoms with Crippen LogP contribution in [-0.4, -0.2) is 20.4 Å². The molecule has 0 radical (unpaired) electrons. The van der Waals surface area contributed by atoms with Crippen LogP contribution < -0.4 is 5.32 Å². The molecule has 6 heteroatoms. The van der Waals surface area contributed by atoms with Crippen molar-refractivity contribution in [1.82, 2.24) is 19.9 Å². The van der Waals surface area contributed by atoms with Gasteiger partial charge in [-0.3, -0.25) is 9.36 Å². The number of benzene rings is 1. The molecule has 0 unspecified atom stereocenters. The van der Waals surface area contributed by atoms with Gasteiger partial charge < -0.3 is 5.32 Å². The van der Waals surface area contributed by atoms with Crippen LogP contribution in [0, 0.1) is 0 Å². The van der Waals surface area contributed by atoms with Gasteiger partial charge in [-0.05, 0) is 42.7 Å². The second-order valence-corrected chi connectivity index (χ2v) is 6.56. The molecule has 0 atom stereocenters. The minimum absolute atomic E-state index is 0.145. The number of halogens is 1. The van der Waals surface area contributed by atoms with Crippen LogP contribution in [0.5, 0.6) is 0 Å². The molecule has 134 valence electrons. The van der Waals surface area contributed by atoms with E-state index in [0.29, 0.717) is 16.4 Å². The Morgan fingerprint density at radius 2 is 1.88 bits per heavy atom. The summed E-state index contributed by atoms with van der Waals surface area (Å²) in [6.45, 7) is 4.14. The number of pyridine rings is 1. The zero-order valence-corrected chi connectivity index (χ0v) is 15.6. The summed E-state index contributed by atoms with van der Waals surface area (Å²) in [5.41, 5.74) is 1.13. The smallest absolute Gasteiger partial charge is 0.253 e. The zero-order valence-electron chi connectivity index (χ0n) is 14.8. The third kappa shape index (κ3) is 3.63. The lowest BCUT2D eigenvalue weighted by Crippen LogP contribution is -2.45. The Morgan fingerprint density at radius 3 is 2.42 bits per heavy atom. The number of nitrogens with one attached hydrogen (secondary N) is 1. The molecule has 0 saturated heterocycles. The van der Waals surface area contributed by atoms with E-state index in [-0.39, 0.29) is 5.91 Å². The fourth-order valence-electron chi connectivity index (χ4n) is 3.03. The maximum Gasteiger partial charge on any atom is 0.253 e. The molecule has 0 aliphatic heterocycles. The predicted molar refractivity (Wildman–Crippen MR) is 103 cm³/mol. The molecular formula is C20H21ClN4O. The fourth-order valence-corrected chi connectivity index (χ4v) is 3.16. The summed E-state index contributed by atoms with van der Waals surface area (Å²) in [5.74, 6) is 0.572. The predicted octanol–water partition coefficient (Wildman–Crippen LogP) is 4.37. The summed E-state index contributed by atoms with van der Waals surface area (Å²) in [6.07, 6.45) is 8.30. The Labute approximate surface area is 158 Å². The molecule has 0 bridgehead atoms. The highest BCUT2D eigenvalue weighted by Crippen LogP contribution is 2.30. The summed E-state index contributed by atoms with van der Waals surface area (Å²) < 4.78 is 1.79. The van der Waals surface area contributed by atoms with E-state index in [1.54, 1.807) is 35.4 Å². The molecule has 1 amide bonds. The number of hydrogen-bond donors (Lipinski definition) is 1. The van der Waals surface area contributed by atoms with Gasteiger partial charge in [-0.15, -0.1) is 0 Å². The first-order valence-corrected chi connectivity index (χ1v) is 8.98. The molecule has 26 heavy (non-hydrogen) atoms. The molecule has 0 saturated carbocycles. The Hall–Kier alpha value is -2.66. The number of amides is 1. The summed E-state index contributed by atoms with van der Waals surface area (Å²) in [4.78, 5) is 21.2. The summed E-state index contributed by atoms with van der Waals surface area (Å²) in [5, 5.41) is 3.88. The highest BCUT2D eigenvalue weighted by Gasteiger charge is 2.30. The number of rotatable bonds is 6. The van der Waals surface area contributed by atoms with Gasteiger partial charge in [0, 0.05) is 23.6 Å². The molecule has 1 N–H and O–H groups in total. The number of carbonyl (C=O) groups excluding carboxylic acids is 1. The van der Waals surface area contributed by atoms with Crippen molar-refractivity contribution in [3.8, 4) is 5.82 Å². The molecule has 0 spiro atoms. The molecule has 2 aromatic heterocycles. The van der Waals surface area contributed by atoms with Gasteiger partial charge in [-0.1, -0.05) is 37.6 Å². The first-order chi connectivity index (χ1) is 12.6. The summed E-state index contributed by atoms with van der Waals surface area (Å²) >= 11 is 6.00. The maximum atomic E-state index is 12.8. The van der Waals surface area contributed by atoms with Crippen LogP contribution in [-0.2, 0) is 5.54 Å². The van der Waals surface area contributed by atoms with E-state index in [4.69, 9.17) is 11.6 Å². The van der Waals surface area contributed by atoms with Crippen LogP contribution in [0.3, 0.4) is 0 Å². The van der Waals surface area contributed by atoms with Gasteiger partial charge in [-0.25, -0.2) is 9.97 Å². The zero-order chi connectivity index (χ0) is 18.6. The van der Waals surface area contributed by atoms with Crippen molar-refractivity contribution in [2.45, 2.75) is 32.2 Å². The first kappa shape index (κ1) is 18.1. The van der Waals surface area contributed by atoms with E-state index < -0.39 is 5.54 Å². The van der Waals surface area contributed by atoms with Gasteiger partial charge in [0.05, 0.1) is 11.1 Å². The van der Waals surface area contributed by atoms with Gasteiger partial charge >= 0.3 is 0 Å². The Bertz CT molecular complexity index is 854. The monoisotopic (exact) mass is 368 g/mol. The molecule has 1 aromatic carbocycles. The van der Waals surface area contributed by atoms with Crippen molar-refractivity contribution in [2.24, 2.45) is 0 Å². The average molecular weight is 369 g/mol. The minimum Gasteiger partial charge on any atom is -0.342 e.